The van der Waals surface area contributed by atoms with Crippen molar-refractivity contribution >= 4 is 26.0 Å². The lowest BCUT2D eigenvalue weighted by Crippen LogP contribution is -2.47. The first-order chi connectivity index (χ1) is 17.4. The number of nitrogens with one attached hydrogen (secondary N) is 1. The van der Waals surface area contributed by atoms with Gasteiger partial charge in [0.1, 0.15) is 11.4 Å². The molecule has 0 atom stereocenters. The minimum atomic E-state index is -5.06. The molecule has 0 radical (unpaired) electrons. The lowest BCUT2D eigenvalue weighted by molar-refractivity contribution is -0.140. The van der Waals surface area contributed by atoms with Crippen LogP contribution in [0.2, 0.25) is 0 Å². The van der Waals surface area contributed by atoms with Crippen LogP contribution in [0.15, 0.2) is 57.2 Å². The molecule has 1 aliphatic rings. The van der Waals surface area contributed by atoms with Gasteiger partial charge in [-0.15, -0.1) is 0 Å². The first-order valence-electron chi connectivity index (χ1n) is 11.5. The Morgan fingerprint density at radius 3 is 2.00 bits per heavy atom. The second-order valence-electron chi connectivity index (χ2n) is 9.70. The maximum Gasteiger partial charge on any atom is 0.417 e. The van der Waals surface area contributed by atoms with E-state index in [1.807, 2.05) is 0 Å². The van der Waals surface area contributed by atoms with Crippen LogP contribution >= 0.6 is 0 Å². The number of sulfone groups is 1. The SMILES string of the molecule is COc1ccc(S(=O)(=O)c2ccc(C(F)(F)F)c(S(=O)(=O)NC3CCN(C(=O)OC(C)(C)C)CC3)c2)cc1. The monoisotopic (exact) mass is 578 g/mol. The number of ether oxygens (including phenoxy) is 2. The fourth-order valence-corrected chi connectivity index (χ4v) is 6.72. The molecular formula is C24H29F3N2O7S2. The van der Waals surface area contributed by atoms with E-state index < -0.39 is 59.1 Å². The summed E-state index contributed by atoms with van der Waals surface area (Å²) in [7, 11) is -7.77. The average Bonchev–Trinajstić information content (AvgIpc) is 2.82. The smallest absolute Gasteiger partial charge is 0.417 e. The number of halogens is 3. The number of rotatable bonds is 6. The number of nitrogens with zero attached hydrogens (tertiary/aromatic N) is 1. The van der Waals surface area contributed by atoms with Crippen molar-refractivity contribution in [3.8, 4) is 5.75 Å². The van der Waals surface area contributed by atoms with Crippen molar-refractivity contribution in [2.45, 2.75) is 66.1 Å². The van der Waals surface area contributed by atoms with Gasteiger partial charge in [-0.3, -0.25) is 0 Å². The Balaban J connectivity index is 1.88. The van der Waals surface area contributed by atoms with Crippen molar-refractivity contribution in [1.82, 2.24) is 9.62 Å². The van der Waals surface area contributed by atoms with E-state index in [0.29, 0.717) is 17.9 Å². The Kier molecular flexibility index (Phi) is 8.39. The van der Waals surface area contributed by atoms with Crippen molar-refractivity contribution in [3.05, 3.63) is 48.0 Å². The number of carbonyl (C=O) groups excluding carboxylic acids is 1. The molecular weight excluding hydrogens is 549 g/mol. The summed E-state index contributed by atoms with van der Waals surface area (Å²) < 4.78 is 106. The van der Waals surface area contributed by atoms with E-state index in [1.165, 1.54) is 36.3 Å². The van der Waals surface area contributed by atoms with E-state index in [1.54, 1.807) is 20.8 Å². The third kappa shape index (κ3) is 6.97. The van der Waals surface area contributed by atoms with Crippen LogP contribution in [0.5, 0.6) is 5.75 Å². The van der Waals surface area contributed by atoms with E-state index in [2.05, 4.69) is 4.72 Å². The van der Waals surface area contributed by atoms with Gasteiger partial charge in [0, 0.05) is 19.1 Å². The van der Waals surface area contributed by atoms with Gasteiger partial charge < -0.3 is 14.4 Å². The minimum absolute atomic E-state index is 0.125. The number of likely N-dealkylation sites (tertiary alicyclic amines) is 1. The molecule has 0 saturated carbocycles. The van der Waals surface area contributed by atoms with Crippen molar-refractivity contribution in [3.63, 3.8) is 0 Å². The van der Waals surface area contributed by atoms with Gasteiger partial charge in [-0.05, 0) is 76.1 Å². The molecule has 0 bridgehead atoms. The molecule has 0 unspecified atom stereocenters. The number of sulfonamides is 1. The highest BCUT2D eigenvalue weighted by Gasteiger charge is 2.39. The van der Waals surface area contributed by atoms with Crippen LogP contribution in [-0.4, -0.2) is 59.7 Å². The molecule has 1 fully saturated rings. The molecule has 1 N–H and O–H groups in total. The molecule has 1 amide bonds. The van der Waals surface area contributed by atoms with E-state index in [0.717, 1.165) is 6.07 Å². The molecule has 0 aliphatic carbocycles. The molecule has 0 aromatic heterocycles. The second kappa shape index (κ2) is 10.7. The third-order valence-corrected chi connectivity index (χ3v) is 9.02. The summed E-state index contributed by atoms with van der Waals surface area (Å²) in [6.45, 7) is 5.35. The predicted octanol–water partition coefficient (Wildman–Crippen LogP) is 4.22. The van der Waals surface area contributed by atoms with E-state index >= 15 is 0 Å². The van der Waals surface area contributed by atoms with Crippen molar-refractivity contribution in [1.29, 1.82) is 0 Å². The minimum Gasteiger partial charge on any atom is -0.497 e. The predicted molar refractivity (Wildman–Crippen MR) is 131 cm³/mol. The van der Waals surface area contributed by atoms with Crippen LogP contribution < -0.4 is 9.46 Å². The number of methoxy groups -OCH3 is 1. The summed E-state index contributed by atoms with van der Waals surface area (Å²) in [6, 6.07) is 6.03. The number of amides is 1. The lowest BCUT2D eigenvalue weighted by atomic mass is 10.1. The average molecular weight is 579 g/mol. The number of carbonyl (C=O) groups is 1. The first-order valence-corrected chi connectivity index (χ1v) is 14.5. The quantitative estimate of drug-likeness (QED) is 0.545. The van der Waals surface area contributed by atoms with Crippen molar-refractivity contribution in [2.24, 2.45) is 0 Å². The maximum absolute atomic E-state index is 13.8. The van der Waals surface area contributed by atoms with Crippen LogP contribution in [0.4, 0.5) is 18.0 Å². The molecule has 14 heteroatoms. The van der Waals surface area contributed by atoms with Gasteiger partial charge in [0.05, 0.1) is 27.4 Å². The molecule has 38 heavy (non-hydrogen) atoms. The molecule has 1 aliphatic heterocycles. The molecule has 3 rings (SSSR count). The number of hydrogen-bond acceptors (Lipinski definition) is 7. The molecule has 0 spiro atoms. The Bertz CT molecular complexity index is 1380. The van der Waals surface area contributed by atoms with Crippen LogP contribution in [0.25, 0.3) is 0 Å². The van der Waals surface area contributed by atoms with E-state index in [-0.39, 0.29) is 30.8 Å². The van der Waals surface area contributed by atoms with Gasteiger partial charge in [0.15, 0.2) is 0 Å². The molecule has 1 heterocycles. The highest BCUT2D eigenvalue weighted by Crippen LogP contribution is 2.36. The van der Waals surface area contributed by atoms with Crippen LogP contribution in [0, 0.1) is 0 Å². The van der Waals surface area contributed by atoms with Gasteiger partial charge >= 0.3 is 12.3 Å². The van der Waals surface area contributed by atoms with Gasteiger partial charge in [-0.1, -0.05) is 0 Å². The lowest BCUT2D eigenvalue weighted by Gasteiger charge is -2.33. The van der Waals surface area contributed by atoms with E-state index in [9.17, 15) is 34.8 Å². The van der Waals surface area contributed by atoms with Crippen LogP contribution in [-0.2, 0) is 30.8 Å². The van der Waals surface area contributed by atoms with E-state index in [4.69, 9.17) is 9.47 Å². The maximum atomic E-state index is 13.8. The van der Waals surface area contributed by atoms with Crippen LogP contribution in [0.1, 0.15) is 39.2 Å². The summed E-state index contributed by atoms with van der Waals surface area (Å²) in [5.41, 5.74) is -2.22. The number of alkyl halides is 3. The highest BCUT2D eigenvalue weighted by atomic mass is 32.2. The molecule has 1 saturated heterocycles. The number of piperidine rings is 1. The highest BCUT2D eigenvalue weighted by molar-refractivity contribution is 7.91. The Hall–Kier alpha value is -2.84. The van der Waals surface area contributed by atoms with Gasteiger partial charge in [-0.2, -0.15) is 13.2 Å². The zero-order valence-electron chi connectivity index (χ0n) is 21.2. The molecule has 9 nitrogen and oxygen atoms in total. The van der Waals surface area contributed by atoms with Gasteiger partial charge in [-0.25, -0.2) is 26.4 Å². The molecule has 210 valence electrons. The molecule has 2 aromatic rings. The number of benzene rings is 2. The van der Waals surface area contributed by atoms with Crippen molar-refractivity contribution in [2.75, 3.05) is 20.2 Å². The Morgan fingerprint density at radius 2 is 1.50 bits per heavy atom. The third-order valence-electron chi connectivity index (χ3n) is 5.70. The Labute approximate surface area is 219 Å². The summed E-state index contributed by atoms with van der Waals surface area (Å²) in [5, 5.41) is 0. The van der Waals surface area contributed by atoms with Gasteiger partial charge in [0.2, 0.25) is 19.9 Å². The summed E-state index contributed by atoms with van der Waals surface area (Å²) in [5.74, 6) is 0.363. The summed E-state index contributed by atoms with van der Waals surface area (Å²) >= 11 is 0. The fourth-order valence-electron chi connectivity index (χ4n) is 3.81. The second-order valence-corrected chi connectivity index (χ2v) is 13.3. The molecule has 2 aromatic carbocycles. The fraction of sp³-hybridized carbons (Fsp3) is 0.458. The Morgan fingerprint density at radius 1 is 0.947 bits per heavy atom. The zero-order chi connectivity index (χ0) is 28.5. The largest absolute Gasteiger partial charge is 0.497 e. The first kappa shape index (κ1) is 29.7. The summed E-state index contributed by atoms with van der Waals surface area (Å²) in [4.78, 5) is 11.6. The zero-order valence-corrected chi connectivity index (χ0v) is 22.8. The van der Waals surface area contributed by atoms with Crippen LogP contribution in [0.3, 0.4) is 0 Å². The normalized spacial score (nSPS) is 15.8. The van der Waals surface area contributed by atoms with Crippen molar-refractivity contribution < 1.29 is 44.3 Å². The van der Waals surface area contributed by atoms with Gasteiger partial charge in [0.25, 0.3) is 0 Å². The standard InChI is InChI=1S/C24H29F3N2O7S2/c1-23(2,3)36-22(30)29-13-11-16(12-14-29)28-38(33,34)21-15-19(9-10-20(21)24(25,26)27)37(31,32)18-7-5-17(35-4)6-8-18/h5-10,15-16,28H,11-14H2,1-4H3. The topological polar surface area (TPSA) is 119 Å². The number of hydrogen-bond donors (Lipinski definition) is 1. The summed E-state index contributed by atoms with van der Waals surface area (Å²) in [6.07, 6.45) is -5.38.